The molecule has 0 saturated heterocycles. The molecule has 0 aliphatic carbocycles. The van der Waals surface area contributed by atoms with Crippen molar-refractivity contribution in [3.63, 3.8) is 0 Å². The summed E-state index contributed by atoms with van der Waals surface area (Å²) in [6.45, 7) is 0.597. The van der Waals surface area contributed by atoms with Crippen molar-refractivity contribution in [1.29, 1.82) is 0 Å². The molecule has 0 bridgehead atoms. The van der Waals surface area contributed by atoms with Gasteiger partial charge in [-0.3, -0.25) is 5.32 Å². The van der Waals surface area contributed by atoms with Crippen molar-refractivity contribution in [3.8, 4) is 0 Å². The van der Waals surface area contributed by atoms with Gasteiger partial charge in [-0.2, -0.15) is 0 Å². The molecule has 2 aromatic rings. The van der Waals surface area contributed by atoms with Gasteiger partial charge in [-0.25, -0.2) is 9.78 Å². The topological polar surface area (TPSA) is 54.0 Å². The summed E-state index contributed by atoms with van der Waals surface area (Å²) in [7, 11) is 0. The van der Waals surface area contributed by atoms with Crippen molar-refractivity contribution >= 4 is 34.4 Å². The van der Waals surface area contributed by atoms with E-state index in [0.717, 1.165) is 9.99 Å². The molecule has 0 fully saturated rings. The molecule has 0 saturated carbocycles. The summed E-state index contributed by atoms with van der Waals surface area (Å²) in [5, 5.41) is 5.49. The van der Waals surface area contributed by atoms with Crippen molar-refractivity contribution in [2.75, 3.05) is 11.9 Å². The number of urea groups is 1. The first-order valence-electron chi connectivity index (χ1n) is 5.94. The van der Waals surface area contributed by atoms with Crippen LogP contribution in [0.4, 0.5) is 10.6 Å². The minimum Gasteiger partial charge on any atom is -0.337 e. The van der Waals surface area contributed by atoms with Gasteiger partial charge in [0.15, 0.2) is 0 Å². The highest BCUT2D eigenvalue weighted by Gasteiger charge is 2.01. The number of aromatic nitrogens is 1. The number of hydrogen-bond acceptors (Lipinski definition) is 2. The second kappa shape index (κ2) is 7.08. The molecule has 4 nitrogen and oxygen atoms in total. The van der Waals surface area contributed by atoms with Crippen LogP contribution in [-0.4, -0.2) is 17.6 Å². The Bertz CT molecular complexity index is 528. The molecule has 2 amide bonds. The first-order valence-corrected chi connectivity index (χ1v) is 7.02. The van der Waals surface area contributed by atoms with E-state index in [0.29, 0.717) is 12.4 Å². The van der Waals surface area contributed by atoms with Crippen LogP contribution < -0.4 is 10.6 Å². The molecule has 0 atom stereocenters. The van der Waals surface area contributed by atoms with Crippen molar-refractivity contribution in [2.24, 2.45) is 0 Å². The van der Waals surface area contributed by atoms with Gasteiger partial charge in [-0.05, 0) is 46.7 Å². The number of carbonyl (C=O) groups excluding carboxylic acids is 1. The Kier molecular flexibility index (Phi) is 5.14. The van der Waals surface area contributed by atoms with Crippen LogP contribution in [0.1, 0.15) is 5.56 Å². The first-order chi connectivity index (χ1) is 9.24. The molecule has 98 valence electrons. The number of nitrogens with zero attached hydrogens (tertiary/aromatic N) is 1. The van der Waals surface area contributed by atoms with Crippen molar-refractivity contribution in [3.05, 3.63) is 57.8 Å². The van der Waals surface area contributed by atoms with Crippen LogP contribution in [0.25, 0.3) is 0 Å². The number of carbonyl (C=O) groups is 1. The van der Waals surface area contributed by atoms with E-state index in [2.05, 4.69) is 38.2 Å². The molecule has 2 N–H and O–H groups in total. The third kappa shape index (κ3) is 4.86. The lowest BCUT2D eigenvalue weighted by Crippen LogP contribution is -2.30. The van der Waals surface area contributed by atoms with Gasteiger partial charge in [0.05, 0.1) is 0 Å². The lowest BCUT2D eigenvalue weighted by molar-refractivity contribution is 0.252. The predicted octanol–water partition coefficient (Wildman–Crippen LogP) is 3.05. The fraction of sp³-hybridized carbons (Fsp3) is 0.143. The maximum Gasteiger partial charge on any atom is 0.320 e. The summed E-state index contributed by atoms with van der Waals surface area (Å²) in [5.41, 5.74) is 1.20. The minimum atomic E-state index is -0.232. The van der Waals surface area contributed by atoms with Gasteiger partial charge in [0, 0.05) is 16.3 Å². The van der Waals surface area contributed by atoms with E-state index in [1.54, 1.807) is 12.3 Å². The van der Waals surface area contributed by atoms with Crippen molar-refractivity contribution in [2.45, 2.75) is 6.42 Å². The Hall–Kier alpha value is -1.63. The average molecular weight is 367 g/mol. The summed E-state index contributed by atoms with van der Waals surface area (Å²) in [5.74, 6) is 0.553. The Morgan fingerprint density at radius 2 is 1.95 bits per heavy atom. The largest absolute Gasteiger partial charge is 0.337 e. The highest BCUT2D eigenvalue weighted by atomic mass is 127. The summed E-state index contributed by atoms with van der Waals surface area (Å²) < 4.78 is 1.03. The monoisotopic (exact) mass is 367 g/mol. The van der Waals surface area contributed by atoms with E-state index in [4.69, 9.17) is 0 Å². The first kappa shape index (κ1) is 13.8. The third-order valence-corrected chi connectivity index (χ3v) is 3.15. The SMILES string of the molecule is O=C(NCCc1ccccc1)Nc1ccc(I)cn1. The molecule has 0 unspecified atom stereocenters. The second-order valence-corrected chi connectivity index (χ2v) is 5.22. The van der Waals surface area contributed by atoms with Crippen LogP contribution in [0.3, 0.4) is 0 Å². The van der Waals surface area contributed by atoms with Crippen LogP contribution >= 0.6 is 22.6 Å². The molecule has 19 heavy (non-hydrogen) atoms. The van der Waals surface area contributed by atoms with Gasteiger partial charge in [0.25, 0.3) is 0 Å². The fourth-order valence-electron chi connectivity index (χ4n) is 1.58. The van der Waals surface area contributed by atoms with Gasteiger partial charge in [-0.15, -0.1) is 0 Å². The molecule has 0 spiro atoms. The number of pyridine rings is 1. The maximum absolute atomic E-state index is 11.6. The number of anilines is 1. The highest BCUT2D eigenvalue weighted by molar-refractivity contribution is 14.1. The predicted molar refractivity (Wildman–Crippen MR) is 84.1 cm³/mol. The van der Waals surface area contributed by atoms with Crippen molar-refractivity contribution in [1.82, 2.24) is 10.3 Å². The van der Waals surface area contributed by atoms with Crippen molar-refractivity contribution < 1.29 is 4.79 Å². The lowest BCUT2D eigenvalue weighted by Gasteiger charge is -2.07. The van der Waals surface area contributed by atoms with E-state index in [-0.39, 0.29) is 6.03 Å². The zero-order chi connectivity index (χ0) is 13.5. The standard InChI is InChI=1S/C14H14IN3O/c15-12-6-7-13(17-10-12)18-14(19)16-9-8-11-4-2-1-3-5-11/h1-7,10H,8-9H2,(H2,16,17,18,19). The van der Waals surface area contributed by atoms with Crippen LogP contribution in [0.15, 0.2) is 48.7 Å². The Morgan fingerprint density at radius 3 is 2.63 bits per heavy atom. The molecule has 1 aromatic carbocycles. The van der Waals surface area contributed by atoms with Gasteiger partial charge < -0.3 is 5.32 Å². The highest BCUT2D eigenvalue weighted by Crippen LogP contribution is 2.06. The molecular formula is C14H14IN3O. The molecule has 1 aromatic heterocycles. The van der Waals surface area contributed by atoms with Gasteiger partial charge in [0.1, 0.15) is 5.82 Å². The van der Waals surface area contributed by atoms with E-state index < -0.39 is 0 Å². The van der Waals surface area contributed by atoms with Crippen LogP contribution in [-0.2, 0) is 6.42 Å². The number of halogens is 1. The van der Waals surface area contributed by atoms with E-state index in [9.17, 15) is 4.79 Å². The zero-order valence-electron chi connectivity index (χ0n) is 10.3. The maximum atomic E-state index is 11.6. The molecule has 0 radical (unpaired) electrons. The number of amides is 2. The fourth-order valence-corrected chi connectivity index (χ4v) is 1.89. The molecule has 0 aliphatic heterocycles. The zero-order valence-corrected chi connectivity index (χ0v) is 12.4. The van der Waals surface area contributed by atoms with E-state index in [1.165, 1.54) is 5.56 Å². The average Bonchev–Trinajstić information content (AvgIpc) is 2.43. The second-order valence-electron chi connectivity index (χ2n) is 3.98. The summed E-state index contributed by atoms with van der Waals surface area (Å²) in [6, 6.07) is 13.5. The molecule has 2 rings (SSSR count). The van der Waals surface area contributed by atoms with E-state index in [1.807, 2.05) is 36.4 Å². The molecule has 5 heteroatoms. The number of rotatable bonds is 4. The summed E-state index contributed by atoms with van der Waals surface area (Å²) in [4.78, 5) is 15.7. The number of benzene rings is 1. The van der Waals surface area contributed by atoms with Gasteiger partial charge >= 0.3 is 6.03 Å². The Labute approximate surface area is 125 Å². The normalized spacial score (nSPS) is 9.95. The van der Waals surface area contributed by atoms with Gasteiger partial charge in [-0.1, -0.05) is 30.3 Å². The molecule has 0 aliphatic rings. The van der Waals surface area contributed by atoms with Crippen LogP contribution in [0.2, 0.25) is 0 Å². The molecule has 1 heterocycles. The number of nitrogens with one attached hydrogen (secondary N) is 2. The Balaban J connectivity index is 1.74. The lowest BCUT2D eigenvalue weighted by atomic mass is 10.1. The smallest absolute Gasteiger partial charge is 0.320 e. The number of hydrogen-bond donors (Lipinski definition) is 2. The van der Waals surface area contributed by atoms with Crippen LogP contribution in [0.5, 0.6) is 0 Å². The van der Waals surface area contributed by atoms with Crippen LogP contribution in [0, 0.1) is 3.57 Å². The third-order valence-electron chi connectivity index (χ3n) is 2.51. The Morgan fingerprint density at radius 1 is 1.16 bits per heavy atom. The quantitative estimate of drug-likeness (QED) is 0.817. The molecular weight excluding hydrogens is 353 g/mol. The summed E-state index contributed by atoms with van der Waals surface area (Å²) >= 11 is 2.17. The van der Waals surface area contributed by atoms with E-state index >= 15 is 0 Å². The van der Waals surface area contributed by atoms with Gasteiger partial charge in [0.2, 0.25) is 0 Å². The minimum absolute atomic E-state index is 0.232. The summed E-state index contributed by atoms with van der Waals surface area (Å²) in [6.07, 6.45) is 2.52.